The highest BCUT2D eigenvalue weighted by molar-refractivity contribution is 7.89. The van der Waals surface area contributed by atoms with Crippen LogP contribution >= 0.6 is 11.6 Å². The Bertz CT molecular complexity index is 674. The van der Waals surface area contributed by atoms with E-state index >= 15 is 0 Å². The molecule has 0 amide bonds. The van der Waals surface area contributed by atoms with Crippen LogP contribution in [-0.2, 0) is 16.6 Å². The monoisotopic (exact) mass is 317 g/mol. The normalized spacial score (nSPS) is 11.7. The molecule has 0 bridgehead atoms. The van der Waals surface area contributed by atoms with Gasteiger partial charge in [0, 0.05) is 25.5 Å². The average Bonchev–Trinajstić information content (AvgIpc) is 2.87. The Morgan fingerprint density at radius 3 is 2.85 bits per heavy atom. The zero-order valence-electron chi connectivity index (χ0n) is 10.5. The highest BCUT2D eigenvalue weighted by Crippen LogP contribution is 2.21. The number of halogens is 2. The van der Waals surface area contributed by atoms with Crippen LogP contribution in [0.4, 0.5) is 4.39 Å². The Morgan fingerprint density at radius 1 is 1.40 bits per heavy atom. The zero-order valence-corrected chi connectivity index (χ0v) is 12.0. The van der Waals surface area contributed by atoms with Crippen LogP contribution in [0, 0.1) is 5.82 Å². The summed E-state index contributed by atoms with van der Waals surface area (Å²) < 4.78 is 41.1. The van der Waals surface area contributed by atoms with Gasteiger partial charge in [-0.1, -0.05) is 11.6 Å². The lowest BCUT2D eigenvalue weighted by Crippen LogP contribution is -2.25. The van der Waals surface area contributed by atoms with Crippen molar-refractivity contribution in [2.75, 3.05) is 6.54 Å². The van der Waals surface area contributed by atoms with Gasteiger partial charge in [0.05, 0.1) is 11.3 Å². The van der Waals surface area contributed by atoms with Crippen molar-refractivity contribution in [2.45, 2.75) is 17.9 Å². The molecule has 8 heteroatoms. The maximum atomic E-state index is 12.9. The molecule has 1 N–H and O–H groups in total. The van der Waals surface area contributed by atoms with Gasteiger partial charge in [0.2, 0.25) is 10.0 Å². The second-order valence-electron chi connectivity index (χ2n) is 4.13. The molecule has 2 rings (SSSR count). The second kappa shape index (κ2) is 6.34. The summed E-state index contributed by atoms with van der Waals surface area (Å²) in [7, 11) is -3.72. The molecule has 5 nitrogen and oxygen atoms in total. The van der Waals surface area contributed by atoms with Gasteiger partial charge in [0.25, 0.3) is 0 Å². The molecule has 0 aliphatic carbocycles. The van der Waals surface area contributed by atoms with Gasteiger partial charge in [0.1, 0.15) is 10.7 Å². The number of aromatic nitrogens is 2. The number of hydrogen-bond donors (Lipinski definition) is 1. The fourth-order valence-corrected chi connectivity index (χ4v) is 3.26. The highest BCUT2D eigenvalue weighted by atomic mass is 35.5. The molecule has 20 heavy (non-hydrogen) atoms. The number of nitrogens with one attached hydrogen (secondary N) is 1. The van der Waals surface area contributed by atoms with Crippen molar-refractivity contribution in [3.63, 3.8) is 0 Å². The maximum absolute atomic E-state index is 12.9. The van der Waals surface area contributed by atoms with Gasteiger partial charge in [0.15, 0.2) is 0 Å². The third kappa shape index (κ3) is 3.78. The number of imidazole rings is 1. The summed E-state index contributed by atoms with van der Waals surface area (Å²) in [6, 6.07) is 3.18. The molecule has 0 unspecified atom stereocenters. The van der Waals surface area contributed by atoms with Crippen LogP contribution in [0.2, 0.25) is 5.02 Å². The average molecular weight is 318 g/mol. The van der Waals surface area contributed by atoms with E-state index < -0.39 is 15.8 Å². The van der Waals surface area contributed by atoms with Gasteiger partial charge < -0.3 is 4.57 Å². The summed E-state index contributed by atoms with van der Waals surface area (Å²) in [6.07, 6.45) is 5.72. The van der Waals surface area contributed by atoms with E-state index in [4.69, 9.17) is 11.6 Å². The molecule has 0 atom stereocenters. The summed E-state index contributed by atoms with van der Waals surface area (Å²) >= 11 is 5.74. The minimum Gasteiger partial charge on any atom is -0.337 e. The van der Waals surface area contributed by atoms with E-state index in [9.17, 15) is 12.8 Å². The van der Waals surface area contributed by atoms with E-state index in [1.807, 2.05) is 4.57 Å². The van der Waals surface area contributed by atoms with Gasteiger partial charge in [-0.15, -0.1) is 0 Å². The first kappa shape index (κ1) is 15.0. The maximum Gasteiger partial charge on any atom is 0.242 e. The van der Waals surface area contributed by atoms with Gasteiger partial charge in [-0.25, -0.2) is 22.5 Å². The molecule has 0 aliphatic heterocycles. The largest absolute Gasteiger partial charge is 0.337 e. The molecule has 0 fully saturated rings. The minimum atomic E-state index is -3.72. The molecule has 0 saturated heterocycles. The van der Waals surface area contributed by atoms with Crippen LogP contribution in [0.25, 0.3) is 0 Å². The molecule has 1 aromatic carbocycles. The van der Waals surface area contributed by atoms with E-state index in [1.54, 1.807) is 18.7 Å². The Kier molecular flexibility index (Phi) is 4.74. The highest BCUT2D eigenvalue weighted by Gasteiger charge is 2.17. The quantitative estimate of drug-likeness (QED) is 0.829. The summed E-state index contributed by atoms with van der Waals surface area (Å²) in [5, 5.41) is -0.132. The number of nitrogens with zero attached hydrogens (tertiary/aromatic N) is 2. The lowest BCUT2D eigenvalue weighted by atomic mass is 10.3. The Morgan fingerprint density at radius 2 is 2.20 bits per heavy atom. The molecule has 0 radical (unpaired) electrons. The third-order valence-corrected chi connectivity index (χ3v) is 4.57. The van der Waals surface area contributed by atoms with Gasteiger partial charge in [-0.05, 0) is 24.6 Å². The number of aryl methyl sites for hydroxylation is 1. The molecule has 0 saturated carbocycles. The molecule has 1 aromatic heterocycles. The first-order valence-corrected chi connectivity index (χ1v) is 7.75. The minimum absolute atomic E-state index is 0.122. The lowest BCUT2D eigenvalue weighted by Gasteiger charge is -2.08. The van der Waals surface area contributed by atoms with Crippen molar-refractivity contribution in [1.82, 2.24) is 14.3 Å². The van der Waals surface area contributed by atoms with Gasteiger partial charge in [-0.3, -0.25) is 0 Å². The molecule has 1 heterocycles. The van der Waals surface area contributed by atoms with Crippen molar-refractivity contribution in [3.05, 3.63) is 47.8 Å². The van der Waals surface area contributed by atoms with Gasteiger partial charge in [-0.2, -0.15) is 0 Å². The van der Waals surface area contributed by atoms with Crippen LogP contribution in [0.15, 0.2) is 41.8 Å². The SMILES string of the molecule is O=S(=O)(NCCCn1ccnc1)c1ccc(F)cc1Cl. The standard InChI is InChI=1S/C12H13ClFN3O2S/c13-11-8-10(14)2-3-12(11)20(18,19)16-4-1-6-17-7-5-15-9-17/h2-3,5,7-9,16H,1,4,6H2. The fraction of sp³-hybridized carbons (Fsp3) is 0.250. The van der Waals surface area contributed by atoms with Crippen LogP contribution in [0.5, 0.6) is 0 Å². The molecular formula is C12H13ClFN3O2S. The number of sulfonamides is 1. The Hall–Kier alpha value is -1.44. The van der Waals surface area contributed by atoms with E-state index in [0.29, 0.717) is 13.0 Å². The number of benzene rings is 1. The smallest absolute Gasteiger partial charge is 0.242 e. The molecule has 108 valence electrons. The van der Waals surface area contributed by atoms with Crippen LogP contribution in [0.1, 0.15) is 6.42 Å². The van der Waals surface area contributed by atoms with Crippen molar-refractivity contribution < 1.29 is 12.8 Å². The Balaban J connectivity index is 1.93. The zero-order chi connectivity index (χ0) is 14.6. The number of hydrogen-bond acceptors (Lipinski definition) is 3. The van der Waals surface area contributed by atoms with Crippen molar-refractivity contribution in [1.29, 1.82) is 0 Å². The van der Waals surface area contributed by atoms with Crippen molar-refractivity contribution in [2.24, 2.45) is 0 Å². The topological polar surface area (TPSA) is 64.0 Å². The molecule has 2 aromatic rings. The van der Waals surface area contributed by atoms with Gasteiger partial charge >= 0.3 is 0 Å². The van der Waals surface area contributed by atoms with E-state index in [1.165, 1.54) is 0 Å². The summed E-state index contributed by atoms with van der Waals surface area (Å²) in [5.74, 6) is -0.575. The van der Waals surface area contributed by atoms with Crippen LogP contribution in [-0.4, -0.2) is 24.5 Å². The summed E-state index contributed by atoms with van der Waals surface area (Å²) in [6.45, 7) is 0.911. The predicted molar refractivity (Wildman–Crippen MR) is 73.4 cm³/mol. The summed E-state index contributed by atoms with van der Waals surface area (Å²) in [4.78, 5) is 3.77. The molecule has 0 aliphatic rings. The van der Waals surface area contributed by atoms with Crippen LogP contribution in [0.3, 0.4) is 0 Å². The summed E-state index contributed by atoms with van der Waals surface area (Å²) in [5.41, 5.74) is 0. The third-order valence-electron chi connectivity index (χ3n) is 2.63. The number of rotatable bonds is 6. The van der Waals surface area contributed by atoms with Crippen LogP contribution < -0.4 is 4.72 Å². The van der Waals surface area contributed by atoms with Crippen molar-refractivity contribution in [3.8, 4) is 0 Å². The lowest BCUT2D eigenvalue weighted by molar-refractivity contribution is 0.569. The van der Waals surface area contributed by atoms with Crippen molar-refractivity contribution >= 4 is 21.6 Å². The molecular weight excluding hydrogens is 305 g/mol. The Labute approximate surface area is 121 Å². The fourth-order valence-electron chi connectivity index (χ4n) is 1.66. The second-order valence-corrected chi connectivity index (χ2v) is 6.27. The predicted octanol–water partition coefficient (Wildman–Crippen LogP) is 2.04. The van der Waals surface area contributed by atoms with E-state index in [-0.39, 0.29) is 16.5 Å². The molecule has 0 spiro atoms. The van der Waals surface area contributed by atoms with E-state index in [2.05, 4.69) is 9.71 Å². The first-order chi connectivity index (χ1) is 9.49. The van der Waals surface area contributed by atoms with E-state index in [0.717, 1.165) is 18.2 Å². The first-order valence-electron chi connectivity index (χ1n) is 5.89.